The highest BCUT2D eigenvalue weighted by molar-refractivity contribution is 7.99. The molecule has 0 heterocycles. The number of benzene rings is 4. The van der Waals surface area contributed by atoms with Crippen LogP contribution in [-0.2, 0) is 9.53 Å². The van der Waals surface area contributed by atoms with Crippen LogP contribution < -0.4 is 5.32 Å². The standard InChI is InChI=1S/C31H29NO2S/c1-3-34-31(33)29(23-15-7-5-8-16-23)30(24-17-9-6-10-18-24)32-27-21-13-11-19-25(27)26-20-12-14-22-28(26)35-4-2/h5-22,32H,3-4H2,1-2H3/b30-29-. The zero-order valence-electron chi connectivity index (χ0n) is 20.0. The maximum atomic E-state index is 13.3. The molecule has 0 bridgehead atoms. The topological polar surface area (TPSA) is 38.3 Å². The van der Waals surface area contributed by atoms with Crippen molar-refractivity contribution in [1.82, 2.24) is 0 Å². The zero-order valence-corrected chi connectivity index (χ0v) is 20.8. The fraction of sp³-hybridized carbons (Fsp3) is 0.129. The summed E-state index contributed by atoms with van der Waals surface area (Å²) in [5.74, 6) is 0.632. The van der Waals surface area contributed by atoms with Crippen molar-refractivity contribution in [2.45, 2.75) is 18.7 Å². The quantitative estimate of drug-likeness (QED) is 0.114. The Bertz CT molecular complexity index is 1300. The van der Waals surface area contributed by atoms with Crippen LogP contribution in [0, 0.1) is 0 Å². The maximum absolute atomic E-state index is 13.3. The molecule has 1 N–H and O–H groups in total. The summed E-state index contributed by atoms with van der Waals surface area (Å²) in [6, 6.07) is 36.3. The molecule has 0 aliphatic carbocycles. The van der Waals surface area contributed by atoms with Crippen molar-refractivity contribution in [3.05, 3.63) is 120 Å². The highest BCUT2D eigenvalue weighted by Crippen LogP contribution is 2.38. The first-order valence-electron chi connectivity index (χ1n) is 11.8. The molecule has 4 aromatic carbocycles. The minimum absolute atomic E-state index is 0.301. The summed E-state index contributed by atoms with van der Waals surface area (Å²) in [5.41, 5.74) is 6.09. The van der Waals surface area contributed by atoms with E-state index in [-0.39, 0.29) is 5.97 Å². The number of thioether (sulfide) groups is 1. The fourth-order valence-electron chi connectivity index (χ4n) is 3.99. The van der Waals surface area contributed by atoms with Gasteiger partial charge in [0.1, 0.15) is 0 Å². The van der Waals surface area contributed by atoms with Gasteiger partial charge in [0.25, 0.3) is 0 Å². The number of anilines is 1. The maximum Gasteiger partial charge on any atom is 0.340 e. The summed E-state index contributed by atoms with van der Waals surface area (Å²) in [4.78, 5) is 14.5. The minimum Gasteiger partial charge on any atom is -0.462 e. The summed E-state index contributed by atoms with van der Waals surface area (Å²) in [6.07, 6.45) is 0. The van der Waals surface area contributed by atoms with Crippen LogP contribution in [0.5, 0.6) is 0 Å². The highest BCUT2D eigenvalue weighted by Gasteiger charge is 2.21. The largest absolute Gasteiger partial charge is 0.462 e. The number of carbonyl (C=O) groups excluding carboxylic acids is 1. The van der Waals surface area contributed by atoms with Gasteiger partial charge in [0.2, 0.25) is 0 Å². The Kier molecular flexibility index (Phi) is 8.42. The van der Waals surface area contributed by atoms with E-state index in [4.69, 9.17) is 4.74 Å². The van der Waals surface area contributed by atoms with Crippen molar-refractivity contribution >= 4 is 34.7 Å². The van der Waals surface area contributed by atoms with Gasteiger partial charge in [0.05, 0.1) is 17.9 Å². The molecule has 4 rings (SSSR count). The lowest BCUT2D eigenvalue weighted by Gasteiger charge is -2.20. The third-order valence-electron chi connectivity index (χ3n) is 5.52. The Morgan fingerprint density at radius 1 is 0.714 bits per heavy atom. The van der Waals surface area contributed by atoms with Gasteiger partial charge in [-0.15, -0.1) is 11.8 Å². The van der Waals surface area contributed by atoms with E-state index >= 15 is 0 Å². The van der Waals surface area contributed by atoms with Gasteiger partial charge in [0.15, 0.2) is 0 Å². The van der Waals surface area contributed by atoms with Gasteiger partial charge in [-0.25, -0.2) is 4.79 Å². The summed E-state index contributed by atoms with van der Waals surface area (Å²) in [7, 11) is 0. The molecule has 35 heavy (non-hydrogen) atoms. The number of carbonyl (C=O) groups is 1. The molecule has 0 atom stereocenters. The van der Waals surface area contributed by atoms with E-state index in [1.807, 2.05) is 91.5 Å². The van der Waals surface area contributed by atoms with Gasteiger partial charge in [-0.2, -0.15) is 0 Å². The third-order valence-corrected chi connectivity index (χ3v) is 6.47. The smallest absolute Gasteiger partial charge is 0.340 e. The third kappa shape index (κ3) is 5.84. The second-order valence-corrected chi connectivity index (χ2v) is 9.11. The van der Waals surface area contributed by atoms with Crippen molar-refractivity contribution < 1.29 is 9.53 Å². The predicted molar refractivity (Wildman–Crippen MR) is 148 cm³/mol. The molecule has 3 nitrogen and oxygen atoms in total. The van der Waals surface area contributed by atoms with Gasteiger partial charge >= 0.3 is 5.97 Å². The predicted octanol–water partition coefficient (Wildman–Crippen LogP) is 8.01. The number of rotatable bonds is 9. The second-order valence-electron chi connectivity index (χ2n) is 7.80. The van der Waals surface area contributed by atoms with Crippen molar-refractivity contribution in [3.63, 3.8) is 0 Å². The second kappa shape index (κ2) is 12.1. The monoisotopic (exact) mass is 479 g/mol. The summed E-state index contributed by atoms with van der Waals surface area (Å²) < 4.78 is 5.52. The van der Waals surface area contributed by atoms with Crippen LogP contribution in [-0.4, -0.2) is 18.3 Å². The molecule has 4 aromatic rings. The molecule has 0 saturated heterocycles. The summed E-state index contributed by atoms with van der Waals surface area (Å²) in [6.45, 7) is 4.29. The fourth-order valence-corrected chi connectivity index (χ4v) is 4.81. The van der Waals surface area contributed by atoms with E-state index in [0.29, 0.717) is 17.9 Å². The molecular formula is C31H29NO2S. The van der Waals surface area contributed by atoms with Crippen LogP contribution in [0.4, 0.5) is 5.69 Å². The Morgan fingerprint density at radius 3 is 1.94 bits per heavy atom. The average molecular weight is 480 g/mol. The molecule has 0 amide bonds. The lowest BCUT2D eigenvalue weighted by Crippen LogP contribution is -2.13. The summed E-state index contributed by atoms with van der Waals surface area (Å²) >= 11 is 1.82. The van der Waals surface area contributed by atoms with E-state index in [1.54, 1.807) is 0 Å². The number of hydrogen-bond donors (Lipinski definition) is 1. The van der Waals surface area contributed by atoms with Crippen LogP contribution in [0.25, 0.3) is 22.4 Å². The SMILES string of the molecule is CCOC(=O)/C(=C(\Nc1ccccc1-c1ccccc1SCC)c1ccccc1)c1ccccc1. The molecular weight excluding hydrogens is 450 g/mol. The van der Waals surface area contributed by atoms with Crippen molar-refractivity contribution in [3.8, 4) is 11.1 Å². The van der Waals surface area contributed by atoms with Crippen LogP contribution in [0.3, 0.4) is 0 Å². The van der Waals surface area contributed by atoms with Gasteiger partial charge in [-0.1, -0.05) is 104 Å². The van der Waals surface area contributed by atoms with E-state index in [2.05, 4.69) is 48.6 Å². The Labute approximate surface area is 211 Å². The molecule has 176 valence electrons. The van der Waals surface area contributed by atoms with E-state index in [1.165, 1.54) is 4.90 Å². The van der Waals surface area contributed by atoms with Crippen LogP contribution >= 0.6 is 11.8 Å². The van der Waals surface area contributed by atoms with Crippen molar-refractivity contribution in [1.29, 1.82) is 0 Å². The van der Waals surface area contributed by atoms with E-state index in [9.17, 15) is 4.79 Å². The number of para-hydroxylation sites is 1. The molecule has 0 aliphatic heterocycles. The summed E-state index contributed by atoms with van der Waals surface area (Å²) in [5, 5.41) is 3.64. The normalized spacial score (nSPS) is 11.5. The average Bonchev–Trinajstić information content (AvgIpc) is 2.90. The first-order chi connectivity index (χ1) is 17.2. The Morgan fingerprint density at radius 2 is 1.29 bits per heavy atom. The lowest BCUT2D eigenvalue weighted by atomic mass is 9.97. The number of nitrogens with one attached hydrogen (secondary N) is 1. The minimum atomic E-state index is -0.357. The molecule has 4 heteroatoms. The first-order valence-corrected chi connectivity index (χ1v) is 12.8. The Hall–Kier alpha value is -3.76. The number of esters is 1. The van der Waals surface area contributed by atoms with Gasteiger partial charge in [-0.3, -0.25) is 0 Å². The van der Waals surface area contributed by atoms with Gasteiger partial charge < -0.3 is 10.1 Å². The zero-order chi connectivity index (χ0) is 24.5. The lowest BCUT2D eigenvalue weighted by molar-refractivity contribution is -0.136. The van der Waals surface area contributed by atoms with Crippen LogP contribution in [0.2, 0.25) is 0 Å². The molecule has 0 aromatic heterocycles. The van der Waals surface area contributed by atoms with Gasteiger partial charge in [-0.05, 0) is 41.5 Å². The van der Waals surface area contributed by atoms with Gasteiger partial charge in [0, 0.05) is 16.1 Å². The first kappa shape index (κ1) is 24.4. The molecule has 0 radical (unpaired) electrons. The number of ether oxygens (including phenoxy) is 1. The molecule has 0 saturated carbocycles. The molecule has 0 unspecified atom stereocenters. The van der Waals surface area contributed by atoms with Crippen molar-refractivity contribution in [2.75, 3.05) is 17.7 Å². The molecule has 0 spiro atoms. The van der Waals surface area contributed by atoms with E-state index in [0.717, 1.165) is 33.7 Å². The number of hydrogen-bond acceptors (Lipinski definition) is 4. The van der Waals surface area contributed by atoms with Crippen LogP contribution in [0.1, 0.15) is 25.0 Å². The van der Waals surface area contributed by atoms with Crippen molar-refractivity contribution in [2.24, 2.45) is 0 Å². The Balaban J connectivity index is 1.92. The molecule has 0 aliphatic rings. The van der Waals surface area contributed by atoms with E-state index < -0.39 is 0 Å². The molecule has 0 fully saturated rings. The van der Waals surface area contributed by atoms with Crippen LogP contribution in [0.15, 0.2) is 114 Å². The highest BCUT2D eigenvalue weighted by atomic mass is 32.2.